The topological polar surface area (TPSA) is 60.4 Å². The van der Waals surface area contributed by atoms with Crippen molar-refractivity contribution in [1.82, 2.24) is 0 Å². The van der Waals surface area contributed by atoms with Crippen LogP contribution in [0.2, 0.25) is 0 Å². The van der Waals surface area contributed by atoms with Gasteiger partial charge in [0.15, 0.2) is 0 Å². The summed E-state index contributed by atoms with van der Waals surface area (Å²) < 4.78 is 27.8. The number of Topliss-reactive ketones (excluding diaryl/α,β-unsaturated/α-hetero) is 1. The normalized spacial score (nSPS) is 11.3. The minimum Gasteiger partial charge on any atom is -0.496 e. The van der Waals surface area contributed by atoms with E-state index >= 15 is 0 Å². The molecule has 0 aliphatic rings. The van der Waals surface area contributed by atoms with Crippen molar-refractivity contribution in [3.8, 4) is 5.75 Å². The second kappa shape index (κ2) is 7.28. The van der Waals surface area contributed by atoms with Crippen molar-refractivity contribution in [2.24, 2.45) is 0 Å². The van der Waals surface area contributed by atoms with Crippen LogP contribution >= 0.6 is 0 Å². The van der Waals surface area contributed by atoms with E-state index in [-0.39, 0.29) is 30.1 Å². The summed E-state index contributed by atoms with van der Waals surface area (Å²) in [4.78, 5) is 11.8. The van der Waals surface area contributed by atoms with Gasteiger partial charge in [0.25, 0.3) is 0 Å². The van der Waals surface area contributed by atoms with Crippen LogP contribution in [0.25, 0.3) is 0 Å². The first-order valence-electron chi connectivity index (χ1n) is 6.32. The summed E-state index contributed by atoms with van der Waals surface area (Å²) in [5.41, 5.74) is 0.841. The van der Waals surface area contributed by atoms with Gasteiger partial charge in [0.05, 0.1) is 12.9 Å². The van der Waals surface area contributed by atoms with Crippen molar-refractivity contribution in [3.05, 3.63) is 29.8 Å². The summed E-state index contributed by atoms with van der Waals surface area (Å²) in [6.07, 6.45) is 0.970. The van der Waals surface area contributed by atoms with Gasteiger partial charge in [-0.1, -0.05) is 25.1 Å². The molecule has 0 bridgehead atoms. The van der Waals surface area contributed by atoms with Gasteiger partial charge in [-0.15, -0.1) is 0 Å². The first kappa shape index (κ1) is 15.7. The van der Waals surface area contributed by atoms with Crippen LogP contribution in [0.1, 0.15) is 25.3 Å². The Labute approximate surface area is 114 Å². The Morgan fingerprint density at radius 3 is 2.58 bits per heavy atom. The van der Waals surface area contributed by atoms with E-state index in [0.717, 1.165) is 5.56 Å². The minimum absolute atomic E-state index is 0.0378. The third kappa shape index (κ3) is 5.42. The number of methoxy groups -OCH3 is 1. The second-order valence-corrected chi connectivity index (χ2v) is 6.84. The first-order valence-corrected chi connectivity index (χ1v) is 8.14. The number of rotatable bonds is 8. The van der Waals surface area contributed by atoms with Crippen molar-refractivity contribution >= 4 is 15.6 Å². The molecule has 0 saturated carbocycles. The van der Waals surface area contributed by atoms with Gasteiger partial charge in [0, 0.05) is 24.2 Å². The fourth-order valence-corrected chi connectivity index (χ4v) is 2.66. The van der Waals surface area contributed by atoms with Crippen LogP contribution in [0.15, 0.2) is 24.3 Å². The number of carbonyl (C=O) groups excluding carboxylic acids is 1. The van der Waals surface area contributed by atoms with E-state index in [1.807, 2.05) is 24.3 Å². The predicted molar refractivity (Wildman–Crippen MR) is 75.3 cm³/mol. The molecule has 0 aliphatic heterocycles. The van der Waals surface area contributed by atoms with E-state index in [2.05, 4.69) is 0 Å². The molecule has 1 aromatic rings. The summed E-state index contributed by atoms with van der Waals surface area (Å²) >= 11 is 0. The van der Waals surface area contributed by atoms with E-state index in [1.54, 1.807) is 14.0 Å². The highest BCUT2D eigenvalue weighted by Crippen LogP contribution is 2.18. The SMILES string of the molecule is CCS(=O)(=O)CCCC(=O)Cc1ccccc1OC. The van der Waals surface area contributed by atoms with Gasteiger partial charge in [-0.25, -0.2) is 8.42 Å². The van der Waals surface area contributed by atoms with Gasteiger partial charge in [0.1, 0.15) is 21.4 Å². The van der Waals surface area contributed by atoms with E-state index in [0.29, 0.717) is 12.2 Å². The van der Waals surface area contributed by atoms with Gasteiger partial charge in [-0.2, -0.15) is 0 Å². The lowest BCUT2D eigenvalue weighted by molar-refractivity contribution is -0.118. The number of benzene rings is 1. The van der Waals surface area contributed by atoms with E-state index in [9.17, 15) is 13.2 Å². The molecule has 0 fully saturated rings. The predicted octanol–water partition coefficient (Wildman–Crippen LogP) is 2.02. The number of carbonyl (C=O) groups is 1. The number of hydrogen-bond acceptors (Lipinski definition) is 4. The molecule has 0 unspecified atom stereocenters. The molecule has 5 heteroatoms. The van der Waals surface area contributed by atoms with E-state index < -0.39 is 9.84 Å². The van der Waals surface area contributed by atoms with E-state index in [4.69, 9.17) is 4.74 Å². The molecule has 0 heterocycles. The van der Waals surface area contributed by atoms with Crippen molar-refractivity contribution in [3.63, 3.8) is 0 Å². The number of para-hydroxylation sites is 1. The molecule has 4 nitrogen and oxygen atoms in total. The lowest BCUT2D eigenvalue weighted by Crippen LogP contribution is -2.11. The van der Waals surface area contributed by atoms with E-state index in [1.165, 1.54) is 0 Å². The molecule has 0 atom stereocenters. The molecule has 0 aromatic heterocycles. The van der Waals surface area contributed by atoms with Gasteiger partial charge < -0.3 is 4.74 Å². The summed E-state index contributed by atoms with van der Waals surface area (Å²) in [5, 5.41) is 0. The maximum Gasteiger partial charge on any atom is 0.150 e. The van der Waals surface area contributed by atoms with Crippen LogP contribution in [0.3, 0.4) is 0 Å². The maximum atomic E-state index is 11.8. The van der Waals surface area contributed by atoms with Crippen LogP contribution in [0.4, 0.5) is 0 Å². The summed E-state index contributed by atoms with van der Waals surface area (Å²) in [6.45, 7) is 1.62. The zero-order valence-electron chi connectivity index (χ0n) is 11.4. The lowest BCUT2D eigenvalue weighted by Gasteiger charge is -2.07. The molecule has 0 N–H and O–H groups in total. The largest absolute Gasteiger partial charge is 0.496 e. The van der Waals surface area contributed by atoms with Crippen molar-refractivity contribution in [2.45, 2.75) is 26.2 Å². The highest BCUT2D eigenvalue weighted by molar-refractivity contribution is 7.91. The smallest absolute Gasteiger partial charge is 0.150 e. The Hall–Kier alpha value is -1.36. The summed E-state index contributed by atoms with van der Waals surface area (Å²) in [7, 11) is -1.41. The molecule has 19 heavy (non-hydrogen) atoms. The number of ketones is 1. The zero-order chi connectivity index (χ0) is 14.3. The highest BCUT2D eigenvalue weighted by atomic mass is 32.2. The molecule has 1 rings (SSSR count). The van der Waals surface area contributed by atoms with Gasteiger partial charge >= 0.3 is 0 Å². The fraction of sp³-hybridized carbons (Fsp3) is 0.500. The Morgan fingerprint density at radius 2 is 1.95 bits per heavy atom. The molecule has 0 radical (unpaired) electrons. The second-order valence-electron chi connectivity index (χ2n) is 4.37. The summed E-state index contributed by atoms with van der Waals surface area (Å²) in [6, 6.07) is 7.36. The standard InChI is InChI=1S/C14H20O4S/c1-3-19(16,17)10-6-8-13(15)11-12-7-4-5-9-14(12)18-2/h4-5,7,9H,3,6,8,10-11H2,1-2H3. The van der Waals surface area contributed by atoms with Crippen LogP contribution < -0.4 is 4.74 Å². The van der Waals surface area contributed by atoms with Crippen molar-refractivity contribution in [1.29, 1.82) is 0 Å². The molecule has 106 valence electrons. The third-order valence-electron chi connectivity index (χ3n) is 2.93. The minimum atomic E-state index is -2.98. The molecular formula is C14H20O4S. The van der Waals surface area contributed by atoms with Crippen LogP contribution in [0.5, 0.6) is 5.75 Å². The third-order valence-corrected chi connectivity index (χ3v) is 4.72. The monoisotopic (exact) mass is 284 g/mol. The van der Waals surface area contributed by atoms with Crippen molar-refractivity contribution < 1.29 is 17.9 Å². The van der Waals surface area contributed by atoms with Gasteiger partial charge in [0.2, 0.25) is 0 Å². The lowest BCUT2D eigenvalue weighted by atomic mass is 10.1. The van der Waals surface area contributed by atoms with Gasteiger partial charge in [-0.05, 0) is 12.5 Å². The Kier molecular flexibility index (Phi) is 6.02. The molecule has 0 saturated heterocycles. The quantitative estimate of drug-likeness (QED) is 0.733. The Morgan fingerprint density at radius 1 is 1.26 bits per heavy atom. The Balaban J connectivity index is 2.48. The average Bonchev–Trinajstić information content (AvgIpc) is 2.39. The molecule has 0 spiro atoms. The van der Waals surface area contributed by atoms with Crippen LogP contribution in [0, 0.1) is 0 Å². The molecule has 0 amide bonds. The highest BCUT2D eigenvalue weighted by Gasteiger charge is 2.11. The Bertz CT molecular complexity index is 520. The number of sulfone groups is 1. The zero-order valence-corrected chi connectivity index (χ0v) is 12.2. The molecule has 0 aliphatic carbocycles. The number of hydrogen-bond donors (Lipinski definition) is 0. The molecular weight excluding hydrogens is 264 g/mol. The summed E-state index contributed by atoms with van der Waals surface area (Å²) in [5.74, 6) is 0.947. The average molecular weight is 284 g/mol. The fourth-order valence-electron chi connectivity index (χ4n) is 1.78. The number of ether oxygens (including phenoxy) is 1. The maximum absolute atomic E-state index is 11.8. The van der Waals surface area contributed by atoms with Crippen molar-refractivity contribution in [2.75, 3.05) is 18.6 Å². The van der Waals surface area contributed by atoms with Gasteiger partial charge in [-0.3, -0.25) is 4.79 Å². The van der Waals surface area contributed by atoms with Crippen LogP contribution in [-0.2, 0) is 21.1 Å². The first-order chi connectivity index (χ1) is 8.98. The van der Waals surface area contributed by atoms with Crippen LogP contribution in [-0.4, -0.2) is 32.8 Å². The molecule has 1 aromatic carbocycles.